The van der Waals surface area contributed by atoms with Gasteiger partial charge in [0.05, 0.1) is 6.07 Å². The molecule has 0 unspecified atom stereocenters. The first-order valence-corrected chi connectivity index (χ1v) is 7.01. The topological polar surface area (TPSA) is 283 Å². The molecule has 0 saturated carbocycles. The van der Waals surface area contributed by atoms with Gasteiger partial charge >= 0.3 is 31.2 Å². The zero-order chi connectivity index (χ0) is 16.2. The van der Waals surface area contributed by atoms with Crippen LogP contribution in [0.1, 0.15) is 6.92 Å². The molecule has 17 heteroatoms. The Kier molecular flexibility index (Phi) is 21.9. The number of hydrogen-bond acceptors (Lipinski definition) is 8. The zero-order valence-electron chi connectivity index (χ0n) is 9.01. The molecular weight excluding hydrogens is 340 g/mol. The minimum Gasteiger partial charge on any atom is -0.344 e. The summed E-state index contributed by atoms with van der Waals surface area (Å²) in [6, 6.07) is 1.75. The predicted octanol–water partition coefficient (Wildman–Crippen LogP) is -1.27. The maximum Gasteiger partial charge on any atom is 0.394 e. The van der Waals surface area contributed by atoms with Crippen LogP contribution in [0, 0.1) is 11.3 Å². The molecule has 0 rings (SSSR count). The molecule has 0 radical (unpaired) electrons. The highest BCUT2D eigenvalue weighted by Crippen LogP contribution is 1.60. The highest BCUT2D eigenvalue weighted by molar-refractivity contribution is 7.80. The standard InChI is InChI=1S/C2H3N.H3N.3H2O4S/c1-2-3;;3*1-5(2,3)4/h1H3;1H3;3*(H2,1,2,3,4). The third-order valence-corrected chi connectivity index (χ3v) is 0. The monoisotopic (exact) mass is 352 g/mol. The Labute approximate surface area is 109 Å². The van der Waals surface area contributed by atoms with E-state index in [4.69, 9.17) is 57.8 Å². The van der Waals surface area contributed by atoms with Crippen molar-refractivity contribution in [1.29, 1.82) is 5.26 Å². The predicted molar refractivity (Wildman–Crippen MR) is 58.8 cm³/mol. The van der Waals surface area contributed by atoms with E-state index < -0.39 is 31.2 Å². The van der Waals surface area contributed by atoms with E-state index in [1.165, 1.54) is 6.92 Å². The Hall–Kier alpha value is -0.940. The molecule has 0 atom stereocenters. The average Bonchev–Trinajstić information content (AvgIpc) is 1.71. The molecule has 0 aliphatic carbocycles. The van der Waals surface area contributed by atoms with Gasteiger partial charge in [-0.05, 0) is 0 Å². The maximum atomic E-state index is 8.74. The van der Waals surface area contributed by atoms with Gasteiger partial charge in [0.25, 0.3) is 0 Å². The fraction of sp³-hybridized carbons (Fsp3) is 0.500. The third kappa shape index (κ3) is 4380. The van der Waals surface area contributed by atoms with Crippen LogP contribution in [0.2, 0.25) is 0 Å². The summed E-state index contributed by atoms with van der Waals surface area (Å²) in [5, 5.41) is 7.32. The van der Waals surface area contributed by atoms with Crippen LogP contribution in [0.3, 0.4) is 0 Å². The van der Waals surface area contributed by atoms with Crippen LogP contribution < -0.4 is 6.15 Å². The third-order valence-electron chi connectivity index (χ3n) is 0. The van der Waals surface area contributed by atoms with E-state index in [9.17, 15) is 0 Å². The molecule has 0 amide bonds. The second kappa shape index (κ2) is 13.5. The summed E-state index contributed by atoms with van der Waals surface area (Å²) in [5.41, 5.74) is 0. The van der Waals surface area contributed by atoms with Gasteiger partial charge < -0.3 is 6.15 Å². The van der Waals surface area contributed by atoms with Gasteiger partial charge in [-0.15, -0.1) is 0 Å². The zero-order valence-corrected chi connectivity index (χ0v) is 11.5. The molecule has 0 aliphatic rings. The molecular formula is C2H12N2O12S3. The van der Waals surface area contributed by atoms with E-state index in [2.05, 4.69) is 0 Å². The quantitative estimate of drug-likeness (QED) is 0.250. The SMILES string of the molecule is CC#N.N.O=S(=O)(O)O.O=S(=O)(O)O.O=S(=O)(O)O. The Bertz CT molecular complexity index is 425. The normalized spacial score (nSPS) is 9.58. The van der Waals surface area contributed by atoms with Gasteiger partial charge in [0, 0.05) is 6.92 Å². The van der Waals surface area contributed by atoms with Gasteiger partial charge in [0.15, 0.2) is 0 Å². The summed E-state index contributed by atoms with van der Waals surface area (Å²) < 4.78 is 94.8. The van der Waals surface area contributed by atoms with E-state index in [0.717, 1.165) is 0 Å². The van der Waals surface area contributed by atoms with Gasteiger partial charge in [-0.1, -0.05) is 0 Å². The van der Waals surface area contributed by atoms with Crippen LogP contribution in [0.5, 0.6) is 0 Å². The summed E-state index contributed by atoms with van der Waals surface area (Å²) in [5.74, 6) is 0. The molecule has 9 N–H and O–H groups in total. The summed E-state index contributed by atoms with van der Waals surface area (Å²) in [4.78, 5) is 0. The number of nitrogens with zero attached hydrogens (tertiary/aromatic N) is 1. The van der Waals surface area contributed by atoms with Crippen molar-refractivity contribution in [2.45, 2.75) is 6.92 Å². The van der Waals surface area contributed by atoms with Gasteiger partial charge in [0.2, 0.25) is 0 Å². The molecule has 0 aromatic carbocycles. The molecule has 0 aliphatic heterocycles. The van der Waals surface area contributed by atoms with Crippen molar-refractivity contribution in [2.75, 3.05) is 0 Å². The Morgan fingerprint density at radius 1 is 0.684 bits per heavy atom. The number of nitriles is 1. The van der Waals surface area contributed by atoms with Crippen LogP contribution in [0.25, 0.3) is 0 Å². The van der Waals surface area contributed by atoms with Crippen molar-refractivity contribution in [3.63, 3.8) is 0 Å². The van der Waals surface area contributed by atoms with E-state index in [0.29, 0.717) is 0 Å². The van der Waals surface area contributed by atoms with Crippen molar-refractivity contribution >= 4 is 31.2 Å². The van der Waals surface area contributed by atoms with E-state index in [-0.39, 0.29) is 6.15 Å². The average molecular weight is 352 g/mol. The minimum atomic E-state index is -4.67. The first-order valence-electron chi connectivity index (χ1n) is 2.82. The molecule has 0 aromatic rings. The lowest BCUT2D eigenvalue weighted by Crippen LogP contribution is -1.89. The summed E-state index contributed by atoms with van der Waals surface area (Å²) in [6.45, 7) is 1.43. The lowest BCUT2D eigenvalue weighted by Gasteiger charge is -1.68. The lowest BCUT2D eigenvalue weighted by molar-refractivity contribution is 0.378. The fourth-order valence-electron chi connectivity index (χ4n) is 0. The molecule has 0 aromatic heterocycles. The van der Waals surface area contributed by atoms with Crippen LogP contribution in [0.4, 0.5) is 0 Å². The molecule has 0 heterocycles. The Balaban J connectivity index is -0.0000000458. The van der Waals surface area contributed by atoms with Gasteiger partial charge in [0.1, 0.15) is 0 Å². The smallest absolute Gasteiger partial charge is 0.344 e. The maximum absolute atomic E-state index is 8.74. The number of rotatable bonds is 0. The van der Waals surface area contributed by atoms with Gasteiger partial charge in [-0.2, -0.15) is 30.5 Å². The van der Waals surface area contributed by atoms with Crippen LogP contribution in [-0.2, 0) is 31.2 Å². The molecule has 0 bridgehead atoms. The van der Waals surface area contributed by atoms with Gasteiger partial charge in [-0.3, -0.25) is 27.3 Å². The summed E-state index contributed by atoms with van der Waals surface area (Å²) in [7, 11) is -14.0. The largest absolute Gasteiger partial charge is 0.394 e. The fourth-order valence-corrected chi connectivity index (χ4v) is 0. The summed E-state index contributed by atoms with van der Waals surface area (Å²) >= 11 is 0. The van der Waals surface area contributed by atoms with Crippen molar-refractivity contribution in [3.05, 3.63) is 0 Å². The highest BCUT2D eigenvalue weighted by Gasteiger charge is 1.85. The molecule has 0 saturated heterocycles. The van der Waals surface area contributed by atoms with Gasteiger partial charge in [-0.25, -0.2) is 0 Å². The second-order valence-corrected chi connectivity index (χ2v) is 4.25. The second-order valence-electron chi connectivity index (χ2n) is 1.57. The van der Waals surface area contributed by atoms with Crippen molar-refractivity contribution in [2.24, 2.45) is 0 Å². The number of hydrogen-bond donors (Lipinski definition) is 7. The molecule has 120 valence electrons. The van der Waals surface area contributed by atoms with Crippen LogP contribution in [-0.4, -0.2) is 52.6 Å². The van der Waals surface area contributed by atoms with Crippen molar-refractivity contribution in [1.82, 2.24) is 6.15 Å². The highest BCUT2D eigenvalue weighted by atomic mass is 32.3. The molecule has 14 nitrogen and oxygen atoms in total. The van der Waals surface area contributed by atoms with E-state index in [1.54, 1.807) is 6.07 Å². The van der Waals surface area contributed by atoms with Crippen molar-refractivity contribution in [3.8, 4) is 6.07 Å². The Morgan fingerprint density at radius 2 is 0.684 bits per heavy atom. The van der Waals surface area contributed by atoms with Crippen molar-refractivity contribution < 1.29 is 52.6 Å². The van der Waals surface area contributed by atoms with E-state index >= 15 is 0 Å². The minimum absolute atomic E-state index is 0. The first-order chi connectivity index (χ1) is 7.41. The van der Waals surface area contributed by atoms with E-state index in [1.807, 2.05) is 0 Å². The molecule has 0 spiro atoms. The van der Waals surface area contributed by atoms with Crippen LogP contribution in [0.15, 0.2) is 0 Å². The first kappa shape index (κ1) is 30.8. The molecule has 19 heavy (non-hydrogen) atoms. The summed E-state index contributed by atoms with van der Waals surface area (Å²) in [6.07, 6.45) is 0. The molecule has 0 fully saturated rings. The lowest BCUT2D eigenvalue weighted by atomic mass is 11.0. The van der Waals surface area contributed by atoms with Crippen LogP contribution >= 0.6 is 0 Å². The Morgan fingerprint density at radius 3 is 0.684 bits per heavy atom.